The van der Waals surface area contributed by atoms with Crippen molar-refractivity contribution in [2.75, 3.05) is 0 Å². The average Bonchev–Trinajstić information content (AvgIpc) is 1.41. The fourth-order valence-corrected chi connectivity index (χ4v) is 0.0456. The molecule has 5 heteroatoms. The van der Waals surface area contributed by atoms with Crippen LogP contribution in [0.15, 0.2) is 0 Å². The third-order valence-electron chi connectivity index (χ3n) is 0.0713. The van der Waals surface area contributed by atoms with Gasteiger partial charge in [0.15, 0.2) is 9.03 Å². The van der Waals surface area contributed by atoms with Crippen molar-refractivity contribution in [3.63, 3.8) is 0 Å². The maximum Gasteiger partial charge on any atom is 0.184 e. The molecule has 0 saturated heterocycles. The van der Waals surface area contributed by atoms with Gasteiger partial charge >= 0.3 is 0 Å². The molecule has 0 saturated carbocycles. The molecular weight excluding hydrogens is 95.0 g/mol. The van der Waals surface area contributed by atoms with E-state index in [9.17, 15) is 0 Å². The zero-order valence-electron chi connectivity index (χ0n) is 2.17. The molecule has 0 radical (unpaired) electrons. The topological polar surface area (TPSA) is 61.8 Å². The maximum absolute atomic E-state index is 8.76. The van der Waals surface area contributed by atoms with E-state index in [1.54, 1.807) is 0 Å². The van der Waals surface area contributed by atoms with Crippen LogP contribution in [0.2, 0.25) is 0 Å². The molecule has 0 aliphatic rings. The van der Waals surface area contributed by atoms with Gasteiger partial charge < -0.3 is 9.93 Å². The van der Waals surface area contributed by atoms with E-state index in [1.165, 1.54) is 0 Å². The monoisotopic (exact) mass is 97.0 g/mol. The quantitative estimate of drug-likeness (QED) is 0.280. The maximum atomic E-state index is 8.76. The number of hydrogen-bond donors (Lipinski definition) is 1. The van der Waals surface area contributed by atoms with Gasteiger partial charge in [0.1, 0.15) is 0 Å². The molecule has 0 heterocycles. The van der Waals surface area contributed by atoms with Gasteiger partial charge in [0.2, 0.25) is 0 Å². The smallest absolute Gasteiger partial charge is 0.184 e. The summed E-state index contributed by atoms with van der Waals surface area (Å²) in [6, 6.07) is 0. The van der Waals surface area contributed by atoms with E-state index in [4.69, 9.17) is 10.5 Å². The number of rotatable bonds is 2. The molecule has 0 aliphatic carbocycles. The summed E-state index contributed by atoms with van der Waals surface area (Å²) in [6.45, 7) is 0. The highest BCUT2D eigenvalue weighted by Crippen LogP contribution is 2.03. The molecule has 1 N–H and O–H groups in total. The van der Waals surface area contributed by atoms with E-state index in [2.05, 4.69) is 9.35 Å². The van der Waals surface area contributed by atoms with E-state index in [0.717, 1.165) is 0 Å². The van der Waals surface area contributed by atoms with Gasteiger partial charge in [-0.3, -0.25) is 0 Å². The highest BCUT2D eigenvalue weighted by molar-refractivity contribution is 7.25. The lowest BCUT2D eigenvalue weighted by atomic mass is 14.9. The summed E-state index contributed by atoms with van der Waals surface area (Å²) in [5.74, 6) is 0. The van der Waals surface area contributed by atoms with E-state index in [-0.39, 0.29) is 0 Å². The first-order valence-electron chi connectivity index (χ1n) is 0.757. The van der Waals surface area contributed by atoms with Crippen molar-refractivity contribution in [3.8, 4) is 0 Å². The SMILES string of the molecule is [O-]OPOO. The van der Waals surface area contributed by atoms with E-state index >= 15 is 0 Å². The van der Waals surface area contributed by atoms with Gasteiger partial charge in [-0.05, 0) is 0 Å². The van der Waals surface area contributed by atoms with Crippen LogP contribution in [0.5, 0.6) is 0 Å². The first-order chi connectivity index (χ1) is 2.41. The molecule has 0 aliphatic heterocycles. The van der Waals surface area contributed by atoms with Crippen LogP contribution in [0.4, 0.5) is 0 Å². The molecule has 5 heavy (non-hydrogen) atoms. The van der Waals surface area contributed by atoms with Crippen LogP contribution < -0.4 is 5.26 Å². The van der Waals surface area contributed by atoms with Gasteiger partial charge in [-0.1, -0.05) is 0 Å². The molecule has 0 aromatic heterocycles. The first kappa shape index (κ1) is 5.27. The van der Waals surface area contributed by atoms with Crippen molar-refractivity contribution >= 4 is 9.03 Å². The summed E-state index contributed by atoms with van der Waals surface area (Å²) in [7, 11) is -0.802. The lowest BCUT2D eigenvalue weighted by molar-refractivity contribution is -0.637. The van der Waals surface area contributed by atoms with Crippen LogP contribution >= 0.6 is 9.03 Å². The Hall–Kier alpha value is 0.270. The van der Waals surface area contributed by atoms with Crippen molar-refractivity contribution in [1.82, 2.24) is 0 Å². The Bertz CT molecular complexity index is 11.1. The molecule has 0 rings (SSSR count). The highest BCUT2D eigenvalue weighted by Gasteiger charge is 1.61. The van der Waals surface area contributed by atoms with Crippen molar-refractivity contribution in [2.45, 2.75) is 0 Å². The highest BCUT2D eigenvalue weighted by atomic mass is 31.1. The Labute approximate surface area is 30.1 Å². The van der Waals surface area contributed by atoms with E-state index in [1.807, 2.05) is 0 Å². The van der Waals surface area contributed by atoms with Crippen LogP contribution in [-0.4, -0.2) is 5.26 Å². The lowest BCUT2D eigenvalue weighted by Crippen LogP contribution is -1.93. The van der Waals surface area contributed by atoms with Crippen molar-refractivity contribution in [2.24, 2.45) is 0 Å². The lowest BCUT2D eigenvalue weighted by Gasteiger charge is -1.97. The molecule has 1 atom stereocenters. The summed E-state index contributed by atoms with van der Waals surface area (Å²) in [6.07, 6.45) is 0. The minimum absolute atomic E-state index is 0.802. The summed E-state index contributed by atoms with van der Waals surface area (Å²) < 4.78 is 6.18. The largest absolute Gasteiger partial charge is 0.718 e. The summed E-state index contributed by atoms with van der Waals surface area (Å²) in [4.78, 5) is 0. The van der Waals surface area contributed by atoms with E-state index < -0.39 is 9.03 Å². The summed E-state index contributed by atoms with van der Waals surface area (Å²) in [5.41, 5.74) is 0. The van der Waals surface area contributed by atoms with Crippen molar-refractivity contribution in [1.29, 1.82) is 0 Å². The van der Waals surface area contributed by atoms with Gasteiger partial charge in [0, 0.05) is 0 Å². The van der Waals surface area contributed by atoms with E-state index in [0.29, 0.717) is 0 Å². The van der Waals surface area contributed by atoms with Crippen molar-refractivity contribution in [3.05, 3.63) is 0 Å². The molecule has 0 aromatic rings. The zero-order valence-corrected chi connectivity index (χ0v) is 3.17. The van der Waals surface area contributed by atoms with Crippen LogP contribution in [0.3, 0.4) is 0 Å². The second-order valence-corrected chi connectivity index (χ2v) is 0.774. The predicted octanol–water partition coefficient (Wildman–Crippen LogP) is -0.724. The standard InChI is InChI=1S/H3O4P/c1-3-5-4-2/h1-2,5H/p-1. The zero-order chi connectivity index (χ0) is 4.12. The van der Waals surface area contributed by atoms with Crippen molar-refractivity contribution < 1.29 is 19.9 Å². The Balaban J connectivity index is 2.19. The molecule has 1 unspecified atom stereocenters. The second-order valence-electron chi connectivity index (χ2n) is 0.258. The normalized spacial score (nSPS) is 10.8. The third kappa shape index (κ3) is 4.27. The molecular formula is H2O4P-. The average molecular weight is 97.0 g/mol. The van der Waals surface area contributed by atoms with Gasteiger partial charge in [-0.15, -0.1) is 0 Å². The van der Waals surface area contributed by atoms with Crippen LogP contribution in [0, 0.1) is 0 Å². The van der Waals surface area contributed by atoms with Crippen LogP contribution in [0.25, 0.3) is 0 Å². The molecule has 4 nitrogen and oxygen atoms in total. The first-order valence-corrected chi connectivity index (χ1v) is 1.57. The molecule has 0 amide bonds. The Morgan fingerprint density at radius 3 is 2.40 bits per heavy atom. The number of hydrogen-bond acceptors (Lipinski definition) is 4. The second kappa shape index (κ2) is 4.27. The Morgan fingerprint density at radius 2 is 2.40 bits per heavy atom. The minimum atomic E-state index is -0.802. The van der Waals surface area contributed by atoms with Crippen LogP contribution in [-0.2, 0) is 9.35 Å². The minimum Gasteiger partial charge on any atom is -0.718 e. The fraction of sp³-hybridized carbons (Fsp3) is 0. The van der Waals surface area contributed by atoms with Gasteiger partial charge in [-0.25, -0.2) is 5.26 Å². The molecule has 0 fully saturated rings. The van der Waals surface area contributed by atoms with Gasteiger partial charge in [0.05, 0.1) is 0 Å². The third-order valence-corrected chi connectivity index (χ3v) is 0.214. The molecule has 0 aromatic carbocycles. The summed E-state index contributed by atoms with van der Waals surface area (Å²) in [5, 5.41) is 16.0. The Morgan fingerprint density at radius 1 is 1.80 bits per heavy atom. The molecule has 0 bridgehead atoms. The molecule has 32 valence electrons. The summed E-state index contributed by atoms with van der Waals surface area (Å²) >= 11 is 0. The molecule has 0 spiro atoms. The Kier molecular flexibility index (Phi) is 4.50. The fourth-order valence-electron chi connectivity index (χ4n) is 0.0152. The predicted molar refractivity (Wildman–Crippen MR) is 13.1 cm³/mol. The van der Waals surface area contributed by atoms with Gasteiger partial charge in [-0.2, -0.15) is 4.67 Å². The van der Waals surface area contributed by atoms with Crippen LogP contribution in [0.1, 0.15) is 0 Å². The van der Waals surface area contributed by atoms with Gasteiger partial charge in [0.25, 0.3) is 0 Å².